The van der Waals surface area contributed by atoms with Crippen LogP contribution in [0, 0.1) is 0 Å². The molecule has 0 bridgehead atoms. The number of alkyl halides is 4. The Morgan fingerprint density at radius 1 is 1.35 bits per heavy atom. The van der Waals surface area contributed by atoms with E-state index >= 15 is 4.39 Å². The molecule has 1 aliphatic rings. The monoisotopic (exact) mass is 378 g/mol. The summed E-state index contributed by atoms with van der Waals surface area (Å²) in [5.41, 5.74) is -3.89. The highest BCUT2D eigenvalue weighted by atomic mass is 19.4. The van der Waals surface area contributed by atoms with Gasteiger partial charge in [0.2, 0.25) is 0 Å². The first-order chi connectivity index (χ1) is 11.9. The molecule has 1 fully saturated rings. The molecule has 2 heterocycles. The van der Waals surface area contributed by atoms with Crippen molar-refractivity contribution >= 4 is 6.09 Å². The first-order valence-corrected chi connectivity index (χ1v) is 8.21. The van der Waals surface area contributed by atoms with E-state index in [4.69, 9.17) is 9.47 Å². The van der Waals surface area contributed by atoms with Gasteiger partial charge in [0, 0.05) is 12.7 Å². The smallest absolute Gasteiger partial charge is 0.437 e. The summed E-state index contributed by atoms with van der Waals surface area (Å²) in [6.07, 6.45) is -3.93. The molecule has 1 aromatic rings. The molecule has 1 unspecified atom stereocenters. The number of rotatable bonds is 3. The Kier molecular flexibility index (Phi) is 5.67. The third-order valence-electron chi connectivity index (χ3n) is 3.70. The normalized spacial score (nSPS) is 21.4. The van der Waals surface area contributed by atoms with E-state index in [1.165, 1.54) is 11.0 Å². The second-order valence-corrected chi connectivity index (χ2v) is 7.29. The minimum atomic E-state index is -4.70. The summed E-state index contributed by atoms with van der Waals surface area (Å²) in [7, 11) is 0. The van der Waals surface area contributed by atoms with Crippen LogP contribution in [0.2, 0.25) is 0 Å². The van der Waals surface area contributed by atoms with Crippen molar-refractivity contribution in [2.45, 2.75) is 51.1 Å². The number of carbonyl (C=O) groups is 1. The predicted octanol–water partition coefficient (Wildman–Crippen LogP) is 4.22. The maximum atomic E-state index is 15.1. The van der Waals surface area contributed by atoms with E-state index < -0.39 is 41.6 Å². The van der Waals surface area contributed by atoms with Gasteiger partial charge in [-0.3, -0.25) is 0 Å². The summed E-state index contributed by atoms with van der Waals surface area (Å²) < 4.78 is 64.2. The second kappa shape index (κ2) is 7.28. The molecule has 5 nitrogen and oxygen atoms in total. The Balaban J connectivity index is 2.04. The lowest BCUT2D eigenvalue weighted by atomic mass is 9.96. The lowest BCUT2D eigenvalue weighted by Crippen LogP contribution is -2.51. The molecule has 146 valence electrons. The van der Waals surface area contributed by atoms with E-state index in [1.54, 1.807) is 20.8 Å². The summed E-state index contributed by atoms with van der Waals surface area (Å²) in [5, 5.41) is 0. The number of carbonyl (C=O) groups excluding carboxylic acids is 1. The lowest BCUT2D eigenvalue weighted by molar-refractivity contribution is -0.143. The molecule has 2 rings (SSSR count). The number of amides is 1. The number of pyridine rings is 1. The molecule has 0 saturated carbocycles. The molecular formula is C17H22F4N2O3. The third kappa shape index (κ3) is 5.47. The van der Waals surface area contributed by atoms with Crippen LogP contribution in [0.5, 0.6) is 5.75 Å². The standard InChI is InChI=1S/C17H22F4N2O3/c1-15(2,3)26-14(24)23-9-5-7-16(18,10-23)11-25-12-6-4-8-22-13(12)17(19,20)21/h4,6,8H,5,7,9-11H2,1-3H3. The van der Waals surface area contributed by atoms with Crippen LogP contribution in [0.3, 0.4) is 0 Å². The van der Waals surface area contributed by atoms with Crippen molar-refractivity contribution in [3.05, 3.63) is 24.0 Å². The van der Waals surface area contributed by atoms with Crippen molar-refractivity contribution in [1.29, 1.82) is 0 Å². The molecule has 0 aliphatic carbocycles. The molecule has 26 heavy (non-hydrogen) atoms. The molecular weight excluding hydrogens is 356 g/mol. The van der Waals surface area contributed by atoms with Gasteiger partial charge in [-0.25, -0.2) is 14.2 Å². The number of piperidine rings is 1. The van der Waals surface area contributed by atoms with Gasteiger partial charge in [0.25, 0.3) is 0 Å². The van der Waals surface area contributed by atoms with Gasteiger partial charge in [-0.1, -0.05) is 0 Å². The van der Waals surface area contributed by atoms with Gasteiger partial charge in [-0.05, 0) is 45.7 Å². The van der Waals surface area contributed by atoms with Crippen LogP contribution >= 0.6 is 0 Å². The number of nitrogens with zero attached hydrogens (tertiary/aromatic N) is 2. The van der Waals surface area contributed by atoms with E-state index in [0.717, 1.165) is 12.3 Å². The Bertz CT molecular complexity index is 646. The van der Waals surface area contributed by atoms with Crippen LogP contribution in [0.4, 0.5) is 22.4 Å². The number of halogens is 4. The third-order valence-corrected chi connectivity index (χ3v) is 3.70. The van der Waals surface area contributed by atoms with Crippen LogP contribution in [-0.4, -0.2) is 46.9 Å². The zero-order valence-electron chi connectivity index (χ0n) is 14.9. The molecule has 0 spiro atoms. The van der Waals surface area contributed by atoms with Crippen molar-refractivity contribution in [3.63, 3.8) is 0 Å². The van der Waals surface area contributed by atoms with E-state index in [9.17, 15) is 18.0 Å². The molecule has 0 aromatic carbocycles. The number of aromatic nitrogens is 1. The van der Waals surface area contributed by atoms with Crippen molar-refractivity contribution in [2.75, 3.05) is 19.7 Å². The maximum Gasteiger partial charge on any atom is 0.437 e. The lowest BCUT2D eigenvalue weighted by Gasteiger charge is -2.37. The fourth-order valence-corrected chi connectivity index (χ4v) is 2.61. The van der Waals surface area contributed by atoms with Gasteiger partial charge in [-0.15, -0.1) is 0 Å². The number of hydrogen-bond donors (Lipinski definition) is 0. The Morgan fingerprint density at radius 3 is 2.65 bits per heavy atom. The highest BCUT2D eigenvalue weighted by molar-refractivity contribution is 5.68. The van der Waals surface area contributed by atoms with Crippen LogP contribution in [-0.2, 0) is 10.9 Å². The Labute approximate surface area is 149 Å². The minimum Gasteiger partial charge on any atom is -0.488 e. The Hall–Kier alpha value is -2.06. The SMILES string of the molecule is CC(C)(C)OC(=O)N1CCCC(F)(COc2cccnc2C(F)(F)F)C1. The fraction of sp³-hybridized carbons (Fsp3) is 0.647. The fourth-order valence-electron chi connectivity index (χ4n) is 2.61. The van der Waals surface area contributed by atoms with Gasteiger partial charge in [-0.2, -0.15) is 13.2 Å². The Morgan fingerprint density at radius 2 is 2.04 bits per heavy atom. The van der Waals surface area contributed by atoms with Crippen LogP contribution in [0.1, 0.15) is 39.3 Å². The molecule has 9 heteroatoms. The minimum absolute atomic E-state index is 0.0773. The second-order valence-electron chi connectivity index (χ2n) is 7.29. The summed E-state index contributed by atoms with van der Waals surface area (Å²) in [6.45, 7) is 4.50. The molecule has 1 amide bonds. The predicted molar refractivity (Wildman–Crippen MR) is 85.6 cm³/mol. The van der Waals surface area contributed by atoms with E-state index in [-0.39, 0.29) is 13.0 Å². The van der Waals surface area contributed by atoms with Crippen molar-refractivity contribution in [1.82, 2.24) is 9.88 Å². The number of ether oxygens (including phenoxy) is 2. The van der Waals surface area contributed by atoms with Gasteiger partial charge in [0.1, 0.15) is 18.0 Å². The van der Waals surface area contributed by atoms with Crippen molar-refractivity contribution < 1.29 is 31.8 Å². The average Bonchev–Trinajstić information content (AvgIpc) is 2.51. The van der Waals surface area contributed by atoms with Crippen molar-refractivity contribution in [3.8, 4) is 5.75 Å². The summed E-state index contributed by atoms with van der Waals surface area (Å²) in [6, 6.07) is 2.37. The molecule has 1 aromatic heterocycles. The number of hydrogen-bond acceptors (Lipinski definition) is 4. The highest BCUT2D eigenvalue weighted by Gasteiger charge is 2.41. The highest BCUT2D eigenvalue weighted by Crippen LogP contribution is 2.35. The summed E-state index contributed by atoms with van der Waals surface area (Å²) >= 11 is 0. The molecule has 1 saturated heterocycles. The van der Waals surface area contributed by atoms with Crippen LogP contribution in [0.15, 0.2) is 18.3 Å². The zero-order chi connectivity index (χ0) is 19.6. The van der Waals surface area contributed by atoms with Gasteiger partial charge < -0.3 is 14.4 Å². The topological polar surface area (TPSA) is 51.7 Å². The van der Waals surface area contributed by atoms with Gasteiger partial charge >= 0.3 is 12.3 Å². The largest absolute Gasteiger partial charge is 0.488 e. The molecule has 0 N–H and O–H groups in total. The summed E-state index contributed by atoms with van der Waals surface area (Å²) in [4.78, 5) is 16.6. The van der Waals surface area contributed by atoms with Gasteiger partial charge in [0.05, 0.1) is 6.54 Å². The molecule has 1 atom stereocenters. The quantitative estimate of drug-likeness (QED) is 0.739. The molecule has 0 radical (unpaired) electrons. The van der Waals surface area contributed by atoms with Crippen LogP contribution < -0.4 is 4.74 Å². The van der Waals surface area contributed by atoms with E-state index in [2.05, 4.69) is 4.98 Å². The van der Waals surface area contributed by atoms with Crippen LogP contribution in [0.25, 0.3) is 0 Å². The number of likely N-dealkylation sites (tertiary alicyclic amines) is 1. The average molecular weight is 378 g/mol. The van der Waals surface area contributed by atoms with E-state index in [1.807, 2.05) is 0 Å². The van der Waals surface area contributed by atoms with E-state index in [0.29, 0.717) is 13.0 Å². The zero-order valence-corrected chi connectivity index (χ0v) is 14.9. The maximum absolute atomic E-state index is 15.1. The summed E-state index contributed by atoms with van der Waals surface area (Å²) in [5.74, 6) is -0.536. The first kappa shape index (κ1) is 20.3. The van der Waals surface area contributed by atoms with Crippen molar-refractivity contribution in [2.24, 2.45) is 0 Å². The first-order valence-electron chi connectivity index (χ1n) is 8.21. The van der Waals surface area contributed by atoms with Gasteiger partial charge in [0.15, 0.2) is 11.4 Å². The molecule has 1 aliphatic heterocycles.